The summed E-state index contributed by atoms with van der Waals surface area (Å²) in [6.45, 7) is 7.91. The van der Waals surface area contributed by atoms with Crippen LogP contribution in [0.15, 0.2) is 48.5 Å². The maximum Gasteiger partial charge on any atom is 0.343 e. The summed E-state index contributed by atoms with van der Waals surface area (Å²) in [4.78, 5) is 36.0. The minimum absolute atomic E-state index is 0.180. The molecule has 0 N–H and O–H groups in total. The number of carbonyl (C=O) groups is 3. The monoisotopic (exact) mass is 442 g/mol. The van der Waals surface area contributed by atoms with Gasteiger partial charge in [0.2, 0.25) is 6.79 Å². The van der Waals surface area contributed by atoms with E-state index in [0.717, 1.165) is 6.42 Å². The SMILES string of the molecule is CCC(C)COC(=O)c1ccc(OC(=O)c2ccc(OCOC(=O)C(C)CC)cc2)cc1. The zero-order chi connectivity index (χ0) is 23.5. The largest absolute Gasteiger partial charge is 0.462 e. The molecule has 7 heteroatoms. The maximum absolute atomic E-state index is 12.3. The van der Waals surface area contributed by atoms with E-state index in [-0.39, 0.29) is 18.7 Å². The van der Waals surface area contributed by atoms with E-state index in [9.17, 15) is 14.4 Å². The van der Waals surface area contributed by atoms with Gasteiger partial charge in [-0.1, -0.05) is 34.1 Å². The molecule has 0 aromatic heterocycles. The van der Waals surface area contributed by atoms with E-state index >= 15 is 0 Å². The molecule has 0 saturated heterocycles. The Bertz CT molecular complexity index is 888. The van der Waals surface area contributed by atoms with Crippen LogP contribution in [0.3, 0.4) is 0 Å². The van der Waals surface area contributed by atoms with E-state index in [4.69, 9.17) is 18.9 Å². The Morgan fingerprint density at radius 3 is 1.88 bits per heavy atom. The molecule has 2 rings (SSSR count). The molecular formula is C25H30O7. The molecule has 2 unspecified atom stereocenters. The van der Waals surface area contributed by atoms with E-state index in [1.54, 1.807) is 55.5 Å². The van der Waals surface area contributed by atoms with Crippen molar-refractivity contribution in [3.63, 3.8) is 0 Å². The van der Waals surface area contributed by atoms with Crippen LogP contribution in [0, 0.1) is 11.8 Å². The minimum atomic E-state index is -0.549. The molecule has 172 valence electrons. The summed E-state index contributed by atoms with van der Waals surface area (Å²) in [7, 11) is 0. The summed E-state index contributed by atoms with van der Waals surface area (Å²) in [5.41, 5.74) is 0.717. The van der Waals surface area contributed by atoms with Crippen LogP contribution in [-0.4, -0.2) is 31.3 Å². The quantitative estimate of drug-likeness (QED) is 0.274. The van der Waals surface area contributed by atoms with Crippen LogP contribution in [0.4, 0.5) is 0 Å². The molecule has 0 fully saturated rings. The highest BCUT2D eigenvalue weighted by molar-refractivity contribution is 5.92. The Morgan fingerprint density at radius 1 is 0.750 bits per heavy atom. The molecule has 0 aliphatic heterocycles. The van der Waals surface area contributed by atoms with E-state index in [1.807, 2.05) is 20.8 Å². The van der Waals surface area contributed by atoms with Gasteiger partial charge in [0.05, 0.1) is 23.7 Å². The van der Waals surface area contributed by atoms with Crippen molar-refractivity contribution in [2.75, 3.05) is 13.4 Å². The van der Waals surface area contributed by atoms with E-state index in [2.05, 4.69) is 0 Å². The highest BCUT2D eigenvalue weighted by Crippen LogP contribution is 2.18. The summed E-state index contributed by atoms with van der Waals surface area (Å²) in [5.74, 6) is -0.386. The molecule has 32 heavy (non-hydrogen) atoms. The fraction of sp³-hybridized carbons (Fsp3) is 0.400. The van der Waals surface area contributed by atoms with Gasteiger partial charge in [-0.05, 0) is 60.9 Å². The first-order valence-electron chi connectivity index (χ1n) is 10.7. The maximum atomic E-state index is 12.3. The summed E-state index contributed by atoms with van der Waals surface area (Å²) in [6, 6.07) is 12.5. The summed E-state index contributed by atoms with van der Waals surface area (Å²) >= 11 is 0. The number of benzene rings is 2. The zero-order valence-electron chi connectivity index (χ0n) is 19.0. The average molecular weight is 443 g/mol. The number of rotatable bonds is 11. The third kappa shape index (κ3) is 7.72. The van der Waals surface area contributed by atoms with Crippen molar-refractivity contribution in [1.82, 2.24) is 0 Å². The van der Waals surface area contributed by atoms with Crippen molar-refractivity contribution in [2.45, 2.75) is 40.5 Å². The lowest BCUT2D eigenvalue weighted by molar-refractivity contribution is -0.154. The highest BCUT2D eigenvalue weighted by Gasteiger charge is 2.13. The van der Waals surface area contributed by atoms with E-state index in [0.29, 0.717) is 41.6 Å². The van der Waals surface area contributed by atoms with Gasteiger partial charge in [-0.25, -0.2) is 9.59 Å². The van der Waals surface area contributed by atoms with Crippen LogP contribution < -0.4 is 9.47 Å². The summed E-state index contributed by atoms with van der Waals surface area (Å²) in [5, 5.41) is 0. The Hall–Kier alpha value is -3.35. The van der Waals surface area contributed by atoms with Crippen molar-refractivity contribution in [3.05, 3.63) is 59.7 Å². The molecule has 7 nitrogen and oxygen atoms in total. The molecule has 0 spiro atoms. The topological polar surface area (TPSA) is 88.1 Å². The lowest BCUT2D eigenvalue weighted by atomic mass is 10.1. The number of carbonyl (C=O) groups excluding carboxylic acids is 3. The fourth-order valence-electron chi connectivity index (χ4n) is 2.40. The first kappa shape index (κ1) is 24.9. The molecule has 2 aromatic rings. The Labute approximate surface area is 188 Å². The van der Waals surface area contributed by atoms with Gasteiger partial charge in [0.15, 0.2) is 0 Å². The molecular weight excluding hydrogens is 412 g/mol. The van der Waals surface area contributed by atoms with Gasteiger partial charge in [0, 0.05) is 0 Å². The van der Waals surface area contributed by atoms with Gasteiger partial charge in [-0.2, -0.15) is 0 Å². The molecule has 0 radical (unpaired) electrons. The normalized spacial score (nSPS) is 12.4. The number of hydrogen-bond acceptors (Lipinski definition) is 7. The van der Waals surface area contributed by atoms with E-state index in [1.165, 1.54) is 0 Å². The lowest BCUT2D eigenvalue weighted by Crippen LogP contribution is -2.17. The smallest absolute Gasteiger partial charge is 0.343 e. The van der Waals surface area contributed by atoms with Gasteiger partial charge in [-0.15, -0.1) is 0 Å². The molecule has 0 amide bonds. The molecule has 0 bridgehead atoms. The van der Waals surface area contributed by atoms with Crippen molar-refractivity contribution in [2.24, 2.45) is 11.8 Å². The van der Waals surface area contributed by atoms with Crippen molar-refractivity contribution >= 4 is 17.9 Å². The first-order chi connectivity index (χ1) is 15.3. The molecule has 0 saturated carbocycles. The Balaban J connectivity index is 1.84. The second-order valence-electron chi connectivity index (χ2n) is 7.59. The van der Waals surface area contributed by atoms with Crippen molar-refractivity contribution in [1.29, 1.82) is 0 Å². The van der Waals surface area contributed by atoms with Gasteiger partial charge >= 0.3 is 17.9 Å². The Kier molecular flexibility index (Phi) is 9.73. The predicted octanol–water partition coefficient (Wildman–Crippen LogP) is 5.03. The van der Waals surface area contributed by atoms with Crippen LogP contribution in [-0.2, 0) is 14.3 Å². The second-order valence-corrected chi connectivity index (χ2v) is 7.59. The zero-order valence-corrected chi connectivity index (χ0v) is 19.0. The molecule has 0 heterocycles. The van der Waals surface area contributed by atoms with Crippen LogP contribution in [0.1, 0.15) is 61.3 Å². The third-order valence-electron chi connectivity index (χ3n) is 5.03. The fourth-order valence-corrected chi connectivity index (χ4v) is 2.40. The second kappa shape index (κ2) is 12.5. The van der Waals surface area contributed by atoms with Crippen LogP contribution in [0.25, 0.3) is 0 Å². The van der Waals surface area contributed by atoms with Gasteiger partial charge in [0.25, 0.3) is 0 Å². The third-order valence-corrected chi connectivity index (χ3v) is 5.03. The van der Waals surface area contributed by atoms with Crippen molar-refractivity contribution < 1.29 is 33.3 Å². The first-order valence-corrected chi connectivity index (χ1v) is 10.7. The molecule has 0 aliphatic carbocycles. The predicted molar refractivity (Wildman–Crippen MR) is 119 cm³/mol. The Morgan fingerprint density at radius 2 is 1.31 bits per heavy atom. The highest BCUT2D eigenvalue weighted by atomic mass is 16.7. The van der Waals surface area contributed by atoms with Crippen LogP contribution in [0.2, 0.25) is 0 Å². The minimum Gasteiger partial charge on any atom is -0.462 e. The van der Waals surface area contributed by atoms with Crippen LogP contribution in [0.5, 0.6) is 11.5 Å². The number of hydrogen-bond donors (Lipinski definition) is 0. The van der Waals surface area contributed by atoms with Gasteiger partial charge in [-0.3, -0.25) is 4.79 Å². The van der Waals surface area contributed by atoms with Crippen LogP contribution >= 0.6 is 0 Å². The average Bonchev–Trinajstić information content (AvgIpc) is 2.82. The lowest BCUT2D eigenvalue weighted by Gasteiger charge is -2.11. The summed E-state index contributed by atoms with van der Waals surface area (Å²) < 4.78 is 21.0. The number of esters is 3. The van der Waals surface area contributed by atoms with Gasteiger partial charge in [0.1, 0.15) is 11.5 Å². The molecule has 2 aromatic carbocycles. The standard InChI is InChI=1S/C25H30O7/c1-5-17(3)15-29-24(27)19-9-13-22(14-10-19)32-25(28)20-7-11-21(12-8-20)30-16-31-23(26)18(4)6-2/h7-14,17-18H,5-6,15-16H2,1-4H3. The summed E-state index contributed by atoms with van der Waals surface area (Å²) in [6.07, 6.45) is 1.63. The molecule has 2 atom stereocenters. The van der Waals surface area contributed by atoms with Crippen molar-refractivity contribution in [3.8, 4) is 11.5 Å². The van der Waals surface area contributed by atoms with Gasteiger partial charge < -0.3 is 18.9 Å². The molecule has 0 aliphatic rings. The number of ether oxygens (including phenoxy) is 4. The van der Waals surface area contributed by atoms with E-state index < -0.39 is 11.9 Å².